The number of hydrogen-bond acceptors (Lipinski definition) is 5. The Labute approximate surface area is 297 Å². The molecule has 5 nitrogen and oxygen atoms in total. The normalized spacial score (nSPS) is 11.8. The van der Waals surface area contributed by atoms with Crippen molar-refractivity contribution in [3.8, 4) is 45.3 Å². The lowest BCUT2D eigenvalue weighted by molar-refractivity contribution is 0.668. The Kier molecular flexibility index (Phi) is 6.18. The van der Waals surface area contributed by atoms with Gasteiger partial charge in [0.25, 0.3) is 0 Å². The van der Waals surface area contributed by atoms with Crippen molar-refractivity contribution in [1.82, 2.24) is 15.0 Å². The molecule has 0 N–H and O–H groups in total. The van der Waals surface area contributed by atoms with E-state index >= 15 is 0 Å². The summed E-state index contributed by atoms with van der Waals surface area (Å²) < 4.78 is 12.4. The molecule has 11 aromatic rings. The smallest absolute Gasteiger partial charge is 0.164 e. The molecule has 0 spiro atoms. The van der Waals surface area contributed by atoms with Gasteiger partial charge in [0, 0.05) is 38.2 Å². The molecule has 242 valence electrons. The van der Waals surface area contributed by atoms with Crippen molar-refractivity contribution in [1.29, 1.82) is 0 Å². The van der Waals surface area contributed by atoms with Gasteiger partial charge in [-0.25, -0.2) is 15.0 Å². The zero-order chi connectivity index (χ0) is 34.2. The molecule has 0 saturated carbocycles. The van der Waals surface area contributed by atoms with E-state index in [1.54, 1.807) is 0 Å². The summed E-state index contributed by atoms with van der Waals surface area (Å²) in [4.78, 5) is 15.5. The lowest BCUT2D eigenvalue weighted by Crippen LogP contribution is -2.00. The Morgan fingerprint density at radius 1 is 0.308 bits per heavy atom. The minimum atomic E-state index is 0.591. The van der Waals surface area contributed by atoms with Crippen LogP contribution in [-0.4, -0.2) is 15.0 Å². The number of benzene rings is 8. The maximum absolute atomic E-state index is 6.26. The Balaban J connectivity index is 1.11. The highest BCUT2D eigenvalue weighted by Gasteiger charge is 2.19. The van der Waals surface area contributed by atoms with Crippen LogP contribution in [0.15, 0.2) is 173 Å². The third kappa shape index (κ3) is 4.53. The van der Waals surface area contributed by atoms with Crippen molar-refractivity contribution in [2.24, 2.45) is 0 Å². The van der Waals surface area contributed by atoms with Crippen molar-refractivity contribution < 1.29 is 8.83 Å². The van der Waals surface area contributed by atoms with E-state index in [2.05, 4.69) is 115 Å². The van der Waals surface area contributed by atoms with Gasteiger partial charge in [-0.1, -0.05) is 121 Å². The van der Waals surface area contributed by atoms with Crippen LogP contribution in [0.2, 0.25) is 0 Å². The summed E-state index contributed by atoms with van der Waals surface area (Å²) in [5, 5.41) is 8.71. The summed E-state index contributed by atoms with van der Waals surface area (Å²) in [6, 6.07) is 56.4. The van der Waals surface area contributed by atoms with Crippen molar-refractivity contribution >= 4 is 65.4 Å². The van der Waals surface area contributed by atoms with Gasteiger partial charge in [-0.15, -0.1) is 0 Å². The van der Waals surface area contributed by atoms with E-state index in [-0.39, 0.29) is 0 Å². The first-order valence-electron chi connectivity index (χ1n) is 17.3. The molecule has 11 rings (SSSR count). The Morgan fingerprint density at radius 3 is 1.60 bits per heavy atom. The molecule has 0 bridgehead atoms. The fraction of sp³-hybridized carbons (Fsp3) is 0. The maximum atomic E-state index is 6.26. The summed E-state index contributed by atoms with van der Waals surface area (Å²) in [6.45, 7) is 0. The first-order chi connectivity index (χ1) is 25.7. The highest BCUT2D eigenvalue weighted by Crippen LogP contribution is 2.39. The zero-order valence-corrected chi connectivity index (χ0v) is 27.7. The summed E-state index contributed by atoms with van der Waals surface area (Å²) in [5.41, 5.74) is 8.48. The summed E-state index contributed by atoms with van der Waals surface area (Å²) >= 11 is 0. The molecular weight excluding hydrogens is 639 g/mol. The first kappa shape index (κ1) is 28.7. The fourth-order valence-electron chi connectivity index (χ4n) is 7.60. The van der Waals surface area contributed by atoms with Crippen LogP contribution in [0.1, 0.15) is 0 Å². The molecule has 0 aliphatic carbocycles. The van der Waals surface area contributed by atoms with Crippen LogP contribution in [0.5, 0.6) is 0 Å². The molecule has 0 saturated heterocycles. The summed E-state index contributed by atoms with van der Waals surface area (Å²) in [5.74, 6) is 1.80. The average molecular weight is 666 g/mol. The predicted molar refractivity (Wildman–Crippen MR) is 211 cm³/mol. The molecule has 0 unspecified atom stereocenters. The first-order valence-corrected chi connectivity index (χ1v) is 17.3. The molecule has 0 aliphatic heterocycles. The van der Waals surface area contributed by atoms with Crippen LogP contribution in [0.3, 0.4) is 0 Å². The lowest BCUT2D eigenvalue weighted by atomic mass is 9.99. The molecule has 8 aromatic carbocycles. The number of fused-ring (bicyclic) bond motifs is 9. The van der Waals surface area contributed by atoms with Gasteiger partial charge in [0.15, 0.2) is 17.5 Å². The van der Waals surface area contributed by atoms with Crippen LogP contribution < -0.4 is 0 Å². The van der Waals surface area contributed by atoms with E-state index in [9.17, 15) is 0 Å². The largest absolute Gasteiger partial charge is 0.456 e. The molecule has 0 amide bonds. The van der Waals surface area contributed by atoms with Crippen LogP contribution in [0.25, 0.3) is 111 Å². The van der Waals surface area contributed by atoms with E-state index in [1.165, 1.54) is 11.1 Å². The van der Waals surface area contributed by atoms with Gasteiger partial charge in [-0.05, 0) is 75.1 Å². The number of para-hydroxylation sites is 2. The number of rotatable bonds is 4. The van der Waals surface area contributed by atoms with Gasteiger partial charge in [0.05, 0.1) is 0 Å². The predicted octanol–water partition coefficient (Wildman–Crippen LogP) is 12.6. The third-order valence-corrected chi connectivity index (χ3v) is 10.1. The highest BCUT2D eigenvalue weighted by atomic mass is 16.3. The summed E-state index contributed by atoms with van der Waals surface area (Å²) in [7, 11) is 0. The van der Waals surface area contributed by atoms with Gasteiger partial charge >= 0.3 is 0 Å². The van der Waals surface area contributed by atoms with Crippen molar-refractivity contribution in [3.63, 3.8) is 0 Å². The molecule has 0 aliphatic rings. The summed E-state index contributed by atoms with van der Waals surface area (Å²) in [6.07, 6.45) is 0. The van der Waals surface area contributed by atoms with E-state index < -0.39 is 0 Å². The van der Waals surface area contributed by atoms with E-state index in [0.717, 1.165) is 82.1 Å². The third-order valence-electron chi connectivity index (χ3n) is 10.1. The molecule has 3 heterocycles. The Bertz CT molecular complexity index is 3190. The van der Waals surface area contributed by atoms with Crippen molar-refractivity contribution in [2.45, 2.75) is 0 Å². The highest BCUT2D eigenvalue weighted by molar-refractivity contribution is 6.19. The van der Waals surface area contributed by atoms with Gasteiger partial charge in [-0.3, -0.25) is 0 Å². The number of furan rings is 2. The molecule has 0 radical (unpaired) electrons. The number of nitrogens with zero attached hydrogens (tertiary/aromatic N) is 3. The van der Waals surface area contributed by atoms with Crippen LogP contribution in [0, 0.1) is 0 Å². The molecule has 5 heteroatoms. The monoisotopic (exact) mass is 665 g/mol. The maximum Gasteiger partial charge on any atom is 0.164 e. The standard InChI is InChI=1S/C47H27N3O2/c1-2-9-28(10-3-1)29-17-18-31-26-33(20-19-30(31)25-29)45-48-46(50-47(49-45)38-13-8-16-41-44(38)37-12-5-7-15-40(37)51-41)34-21-23-35-32(27-34)22-24-42-43(35)36-11-4-6-14-39(36)52-42/h1-27H. The van der Waals surface area contributed by atoms with Crippen molar-refractivity contribution in [3.05, 3.63) is 164 Å². The second-order valence-electron chi connectivity index (χ2n) is 13.2. The number of hydrogen-bond donors (Lipinski definition) is 0. The van der Waals surface area contributed by atoms with E-state index in [1.807, 2.05) is 48.5 Å². The van der Waals surface area contributed by atoms with Crippen molar-refractivity contribution in [2.75, 3.05) is 0 Å². The molecule has 0 fully saturated rings. The minimum Gasteiger partial charge on any atom is -0.456 e. The van der Waals surface area contributed by atoms with Crippen LogP contribution in [0.4, 0.5) is 0 Å². The average Bonchev–Trinajstić information content (AvgIpc) is 3.79. The Hall–Kier alpha value is -7.11. The quantitative estimate of drug-likeness (QED) is 0.187. The zero-order valence-electron chi connectivity index (χ0n) is 27.7. The fourth-order valence-corrected chi connectivity index (χ4v) is 7.60. The lowest BCUT2D eigenvalue weighted by Gasteiger charge is -2.11. The van der Waals surface area contributed by atoms with Crippen LogP contribution >= 0.6 is 0 Å². The molecular formula is C47H27N3O2. The minimum absolute atomic E-state index is 0.591. The topological polar surface area (TPSA) is 65.0 Å². The van der Waals surface area contributed by atoms with Gasteiger partial charge in [0.1, 0.15) is 22.3 Å². The second-order valence-corrected chi connectivity index (χ2v) is 13.2. The Morgan fingerprint density at radius 2 is 0.846 bits per heavy atom. The molecule has 52 heavy (non-hydrogen) atoms. The number of aromatic nitrogens is 3. The van der Waals surface area contributed by atoms with Crippen LogP contribution in [-0.2, 0) is 0 Å². The van der Waals surface area contributed by atoms with E-state index in [4.69, 9.17) is 23.8 Å². The second kappa shape index (κ2) is 11.2. The van der Waals surface area contributed by atoms with E-state index in [0.29, 0.717) is 17.5 Å². The SMILES string of the molecule is c1ccc(-c2ccc3cc(-c4nc(-c5ccc6c(ccc7oc8ccccc8c76)c5)nc(-c5cccc6oc7ccccc7c56)n4)ccc3c2)cc1. The molecule has 0 atom stereocenters. The van der Waals surface area contributed by atoms with Gasteiger partial charge in [-0.2, -0.15) is 0 Å². The van der Waals surface area contributed by atoms with Gasteiger partial charge in [0.2, 0.25) is 0 Å². The van der Waals surface area contributed by atoms with Gasteiger partial charge < -0.3 is 8.83 Å². The molecule has 3 aromatic heterocycles.